The molecule has 0 aliphatic heterocycles. The van der Waals surface area contributed by atoms with E-state index in [1.54, 1.807) is 0 Å². The summed E-state index contributed by atoms with van der Waals surface area (Å²) in [6, 6.07) is 4.48. The Bertz CT molecular complexity index is 390. The van der Waals surface area contributed by atoms with Gasteiger partial charge in [-0.2, -0.15) is 0 Å². The summed E-state index contributed by atoms with van der Waals surface area (Å²) in [5, 5.41) is 3.33. The standard InChI is InChI=1S/C14H22N2O/c1-9-5-10(2)13(11(3)6-9)8-16-12(4)7-14(15)17/h5-6,12,16H,7-8H2,1-4H3,(H2,15,17)/t12-/m0/s1. The van der Waals surface area contributed by atoms with Crippen LogP contribution in [-0.4, -0.2) is 11.9 Å². The van der Waals surface area contributed by atoms with Crippen molar-refractivity contribution < 1.29 is 4.79 Å². The molecule has 0 saturated heterocycles. The first-order chi connectivity index (χ1) is 7.90. The van der Waals surface area contributed by atoms with Crippen LogP contribution < -0.4 is 11.1 Å². The summed E-state index contributed by atoms with van der Waals surface area (Å²) in [6.07, 6.45) is 0.379. The number of rotatable bonds is 5. The Morgan fingerprint density at radius 2 is 1.82 bits per heavy atom. The molecule has 3 heteroatoms. The predicted octanol–water partition coefficient (Wildman–Crippen LogP) is 1.97. The fourth-order valence-corrected chi connectivity index (χ4v) is 2.14. The number of amides is 1. The molecular weight excluding hydrogens is 212 g/mol. The number of hydrogen-bond acceptors (Lipinski definition) is 2. The smallest absolute Gasteiger partial charge is 0.218 e. The van der Waals surface area contributed by atoms with Crippen molar-refractivity contribution in [1.82, 2.24) is 5.32 Å². The molecule has 0 aromatic heterocycles. The van der Waals surface area contributed by atoms with Crippen molar-refractivity contribution >= 4 is 5.91 Å². The van der Waals surface area contributed by atoms with Gasteiger partial charge in [0.15, 0.2) is 0 Å². The number of carbonyl (C=O) groups excluding carboxylic acids is 1. The Morgan fingerprint density at radius 1 is 1.29 bits per heavy atom. The first-order valence-corrected chi connectivity index (χ1v) is 5.98. The molecule has 0 aliphatic rings. The average molecular weight is 234 g/mol. The van der Waals surface area contributed by atoms with E-state index in [4.69, 9.17) is 5.73 Å². The first kappa shape index (κ1) is 13.7. The highest BCUT2D eigenvalue weighted by molar-refractivity contribution is 5.74. The number of nitrogens with two attached hydrogens (primary N) is 1. The molecule has 0 bridgehead atoms. The number of nitrogens with one attached hydrogen (secondary N) is 1. The molecule has 3 nitrogen and oxygen atoms in total. The summed E-state index contributed by atoms with van der Waals surface area (Å²) >= 11 is 0. The van der Waals surface area contributed by atoms with E-state index < -0.39 is 0 Å². The molecular formula is C14H22N2O. The van der Waals surface area contributed by atoms with Gasteiger partial charge < -0.3 is 11.1 Å². The van der Waals surface area contributed by atoms with Crippen molar-refractivity contribution in [2.75, 3.05) is 0 Å². The lowest BCUT2D eigenvalue weighted by Gasteiger charge is -2.16. The van der Waals surface area contributed by atoms with Crippen molar-refractivity contribution in [3.63, 3.8) is 0 Å². The zero-order valence-electron chi connectivity index (χ0n) is 11.1. The van der Waals surface area contributed by atoms with Crippen molar-refractivity contribution in [2.45, 2.75) is 46.7 Å². The lowest BCUT2D eigenvalue weighted by atomic mass is 9.99. The summed E-state index contributed by atoms with van der Waals surface area (Å²) in [6.45, 7) is 9.11. The maximum absolute atomic E-state index is 10.8. The Labute approximate surface area is 103 Å². The third kappa shape index (κ3) is 4.19. The van der Waals surface area contributed by atoms with Gasteiger partial charge in [-0.15, -0.1) is 0 Å². The van der Waals surface area contributed by atoms with Crippen molar-refractivity contribution in [1.29, 1.82) is 0 Å². The molecule has 0 fully saturated rings. The topological polar surface area (TPSA) is 55.1 Å². The van der Waals surface area contributed by atoms with E-state index in [9.17, 15) is 4.79 Å². The quantitative estimate of drug-likeness (QED) is 0.818. The number of primary amides is 1. The van der Waals surface area contributed by atoms with Crippen molar-refractivity contribution in [3.05, 3.63) is 34.4 Å². The van der Waals surface area contributed by atoms with Crippen LogP contribution in [0.15, 0.2) is 12.1 Å². The fraction of sp³-hybridized carbons (Fsp3) is 0.500. The number of benzene rings is 1. The normalized spacial score (nSPS) is 12.5. The van der Waals surface area contributed by atoms with E-state index in [-0.39, 0.29) is 11.9 Å². The largest absolute Gasteiger partial charge is 0.370 e. The summed E-state index contributed by atoms with van der Waals surface area (Å²) in [4.78, 5) is 10.8. The molecule has 3 N–H and O–H groups in total. The maximum Gasteiger partial charge on any atom is 0.218 e. The number of carbonyl (C=O) groups is 1. The highest BCUT2D eigenvalue weighted by Gasteiger charge is 2.08. The Hall–Kier alpha value is -1.35. The molecule has 94 valence electrons. The summed E-state index contributed by atoms with van der Waals surface area (Å²) in [7, 11) is 0. The summed E-state index contributed by atoms with van der Waals surface area (Å²) in [5.74, 6) is -0.262. The minimum Gasteiger partial charge on any atom is -0.370 e. The van der Waals surface area contributed by atoms with Gasteiger partial charge in [-0.1, -0.05) is 17.7 Å². The van der Waals surface area contributed by atoms with Gasteiger partial charge >= 0.3 is 0 Å². The van der Waals surface area contributed by atoms with E-state index >= 15 is 0 Å². The molecule has 0 spiro atoms. The molecule has 0 aliphatic carbocycles. The summed E-state index contributed by atoms with van der Waals surface area (Å²) in [5.41, 5.74) is 10.3. The van der Waals surface area contributed by atoms with Gasteiger partial charge in [-0.3, -0.25) is 4.79 Å². The third-order valence-corrected chi connectivity index (χ3v) is 2.98. The van der Waals surface area contributed by atoms with Gasteiger partial charge in [0, 0.05) is 19.0 Å². The van der Waals surface area contributed by atoms with Crippen molar-refractivity contribution in [2.24, 2.45) is 5.73 Å². The van der Waals surface area contributed by atoms with Crippen LogP contribution in [-0.2, 0) is 11.3 Å². The molecule has 1 aromatic rings. The van der Waals surface area contributed by atoms with E-state index in [1.165, 1.54) is 22.3 Å². The van der Waals surface area contributed by atoms with Gasteiger partial charge in [0.25, 0.3) is 0 Å². The van der Waals surface area contributed by atoms with Crippen LogP contribution in [0.4, 0.5) is 0 Å². The first-order valence-electron chi connectivity index (χ1n) is 5.98. The van der Waals surface area contributed by atoms with Crippen molar-refractivity contribution in [3.8, 4) is 0 Å². The number of aryl methyl sites for hydroxylation is 3. The second kappa shape index (κ2) is 5.82. The Kier molecular flexibility index (Phi) is 4.70. The van der Waals surface area contributed by atoms with Crippen LogP contribution in [0.3, 0.4) is 0 Å². The van der Waals surface area contributed by atoms with Gasteiger partial charge in [-0.05, 0) is 44.4 Å². The lowest BCUT2D eigenvalue weighted by Crippen LogP contribution is -2.30. The third-order valence-electron chi connectivity index (χ3n) is 2.98. The highest BCUT2D eigenvalue weighted by atomic mass is 16.1. The molecule has 0 saturated carbocycles. The zero-order chi connectivity index (χ0) is 13.0. The van der Waals surface area contributed by atoms with E-state index in [1.807, 2.05) is 6.92 Å². The molecule has 17 heavy (non-hydrogen) atoms. The Morgan fingerprint density at radius 3 is 2.29 bits per heavy atom. The molecule has 0 unspecified atom stereocenters. The molecule has 1 rings (SSSR count). The van der Waals surface area contributed by atoms with Crippen LogP contribution in [0.2, 0.25) is 0 Å². The summed E-state index contributed by atoms with van der Waals surface area (Å²) < 4.78 is 0. The second-order valence-corrected chi connectivity index (χ2v) is 4.83. The van der Waals surface area contributed by atoms with E-state index in [0.717, 1.165) is 6.54 Å². The van der Waals surface area contributed by atoms with Crippen LogP contribution in [0.25, 0.3) is 0 Å². The van der Waals surface area contributed by atoms with Gasteiger partial charge in [0.05, 0.1) is 0 Å². The molecule has 0 heterocycles. The van der Waals surface area contributed by atoms with Crippen LogP contribution in [0, 0.1) is 20.8 Å². The maximum atomic E-state index is 10.8. The fourth-order valence-electron chi connectivity index (χ4n) is 2.14. The van der Waals surface area contributed by atoms with Crippen LogP contribution in [0.5, 0.6) is 0 Å². The second-order valence-electron chi connectivity index (χ2n) is 4.83. The van der Waals surface area contributed by atoms with E-state index in [2.05, 4.69) is 38.2 Å². The SMILES string of the molecule is Cc1cc(C)c(CN[C@@H](C)CC(N)=O)c(C)c1. The highest BCUT2D eigenvalue weighted by Crippen LogP contribution is 2.16. The predicted molar refractivity (Wildman–Crippen MR) is 70.8 cm³/mol. The van der Waals surface area contributed by atoms with Crippen LogP contribution >= 0.6 is 0 Å². The monoisotopic (exact) mass is 234 g/mol. The molecule has 0 radical (unpaired) electrons. The van der Waals surface area contributed by atoms with Crippen LogP contribution in [0.1, 0.15) is 35.6 Å². The van der Waals surface area contributed by atoms with Gasteiger partial charge in [-0.25, -0.2) is 0 Å². The zero-order valence-corrected chi connectivity index (χ0v) is 11.1. The number of hydrogen-bond donors (Lipinski definition) is 2. The molecule has 1 aromatic carbocycles. The minimum absolute atomic E-state index is 0.118. The lowest BCUT2D eigenvalue weighted by molar-refractivity contribution is -0.118. The minimum atomic E-state index is -0.262. The molecule has 1 amide bonds. The van der Waals surface area contributed by atoms with Gasteiger partial charge in [0.1, 0.15) is 0 Å². The molecule has 1 atom stereocenters. The van der Waals surface area contributed by atoms with E-state index in [0.29, 0.717) is 6.42 Å². The Balaban J connectivity index is 2.66. The van der Waals surface area contributed by atoms with Gasteiger partial charge in [0.2, 0.25) is 5.91 Å². The average Bonchev–Trinajstić information content (AvgIpc) is 2.14.